The molecule has 2 fully saturated rings. The summed E-state index contributed by atoms with van der Waals surface area (Å²) in [6.45, 7) is 7.79. The summed E-state index contributed by atoms with van der Waals surface area (Å²) in [5.74, 6) is 0.664. The first-order chi connectivity index (χ1) is 8.61. The van der Waals surface area contributed by atoms with Crippen molar-refractivity contribution in [1.82, 2.24) is 10.2 Å². The highest BCUT2D eigenvalue weighted by molar-refractivity contribution is 7.80. The summed E-state index contributed by atoms with van der Waals surface area (Å²) < 4.78 is 0. The Kier molecular flexibility index (Phi) is 4.88. The van der Waals surface area contributed by atoms with Gasteiger partial charge < -0.3 is 10.2 Å². The molecule has 1 heterocycles. The van der Waals surface area contributed by atoms with Crippen molar-refractivity contribution in [2.24, 2.45) is 11.3 Å². The van der Waals surface area contributed by atoms with Crippen molar-refractivity contribution in [1.29, 1.82) is 0 Å². The highest BCUT2D eigenvalue weighted by Crippen LogP contribution is 2.44. The monoisotopic (exact) mass is 268 g/mol. The zero-order valence-corrected chi connectivity index (χ0v) is 12.8. The van der Waals surface area contributed by atoms with Crippen LogP contribution in [0.2, 0.25) is 0 Å². The first kappa shape index (κ1) is 14.1. The summed E-state index contributed by atoms with van der Waals surface area (Å²) in [4.78, 5) is 2.39. The maximum atomic E-state index is 5.50. The van der Waals surface area contributed by atoms with Gasteiger partial charge in [0.25, 0.3) is 0 Å². The zero-order chi connectivity index (χ0) is 13.0. The summed E-state index contributed by atoms with van der Waals surface area (Å²) in [5.41, 5.74) is 0.683. The quantitative estimate of drug-likeness (QED) is 0.771. The molecule has 104 valence electrons. The molecule has 0 aromatic rings. The van der Waals surface area contributed by atoms with Crippen LogP contribution in [-0.2, 0) is 0 Å². The van der Waals surface area contributed by atoms with Crippen LogP contribution >= 0.6 is 12.2 Å². The van der Waals surface area contributed by atoms with Crippen molar-refractivity contribution in [3.8, 4) is 0 Å². The lowest BCUT2D eigenvalue weighted by Gasteiger charge is -2.45. The normalized spacial score (nSPS) is 23.4. The maximum absolute atomic E-state index is 5.50. The zero-order valence-electron chi connectivity index (χ0n) is 12.0. The van der Waals surface area contributed by atoms with Gasteiger partial charge >= 0.3 is 0 Å². The molecule has 1 saturated heterocycles. The summed E-state index contributed by atoms with van der Waals surface area (Å²) >= 11 is 5.50. The van der Waals surface area contributed by atoms with Gasteiger partial charge in [-0.3, -0.25) is 0 Å². The van der Waals surface area contributed by atoms with E-state index in [4.69, 9.17) is 12.2 Å². The smallest absolute Gasteiger partial charge is 0.168 e. The first-order valence-electron chi connectivity index (χ1n) is 7.64. The van der Waals surface area contributed by atoms with Crippen LogP contribution in [0.15, 0.2) is 0 Å². The SMILES string of the molecule is CC(C)CNC(=S)N1CCC2(CCCCC2)CC1. The molecule has 3 heteroatoms. The Morgan fingerprint density at radius 1 is 1.11 bits per heavy atom. The largest absolute Gasteiger partial charge is 0.362 e. The predicted molar refractivity (Wildman–Crippen MR) is 81.8 cm³/mol. The van der Waals surface area contributed by atoms with Gasteiger partial charge in [-0.1, -0.05) is 33.1 Å². The summed E-state index contributed by atoms with van der Waals surface area (Å²) in [6, 6.07) is 0. The molecular weight excluding hydrogens is 240 g/mol. The molecule has 0 aromatic carbocycles. The minimum Gasteiger partial charge on any atom is -0.362 e. The number of likely N-dealkylation sites (tertiary alicyclic amines) is 1. The van der Waals surface area contributed by atoms with E-state index in [-0.39, 0.29) is 0 Å². The van der Waals surface area contributed by atoms with Crippen LogP contribution in [0.25, 0.3) is 0 Å². The van der Waals surface area contributed by atoms with Crippen LogP contribution in [0.3, 0.4) is 0 Å². The van der Waals surface area contributed by atoms with E-state index >= 15 is 0 Å². The molecule has 1 spiro atoms. The van der Waals surface area contributed by atoms with Gasteiger partial charge in [-0.15, -0.1) is 0 Å². The average molecular weight is 268 g/mol. The standard InChI is InChI=1S/C15H28N2S/c1-13(2)12-16-14(18)17-10-8-15(9-11-17)6-4-3-5-7-15/h13H,3-12H2,1-2H3,(H,16,18). The molecule has 1 aliphatic heterocycles. The molecule has 18 heavy (non-hydrogen) atoms. The van der Waals surface area contributed by atoms with Crippen molar-refractivity contribution < 1.29 is 0 Å². The van der Waals surface area contributed by atoms with E-state index in [2.05, 4.69) is 24.1 Å². The number of hydrogen-bond acceptors (Lipinski definition) is 1. The van der Waals surface area contributed by atoms with Gasteiger partial charge in [0.1, 0.15) is 0 Å². The van der Waals surface area contributed by atoms with Crippen LogP contribution in [0.1, 0.15) is 58.8 Å². The first-order valence-corrected chi connectivity index (χ1v) is 8.05. The Morgan fingerprint density at radius 2 is 1.72 bits per heavy atom. The Bertz CT molecular complexity index is 272. The van der Waals surface area contributed by atoms with Gasteiger partial charge in [-0.05, 0) is 49.2 Å². The second kappa shape index (κ2) is 6.23. The Balaban J connectivity index is 1.77. The van der Waals surface area contributed by atoms with Crippen molar-refractivity contribution in [3.63, 3.8) is 0 Å². The lowest BCUT2D eigenvalue weighted by Crippen LogP contribution is -2.48. The van der Waals surface area contributed by atoms with Crippen LogP contribution in [0.4, 0.5) is 0 Å². The minimum atomic E-state index is 0.664. The summed E-state index contributed by atoms with van der Waals surface area (Å²) in [5, 5.41) is 4.38. The van der Waals surface area contributed by atoms with Crippen LogP contribution in [-0.4, -0.2) is 29.6 Å². The maximum Gasteiger partial charge on any atom is 0.168 e. The molecule has 0 bridgehead atoms. The number of hydrogen-bond donors (Lipinski definition) is 1. The third-order valence-corrected chi connectivity index (χ3v) is 5.09. The molecule has 2 rings (SSSR count). The van der Waals surface area contributed by atoms with Gasteiger partial charge in [0, 0.05) is 19.6 Å². The number of nitrogens with zero attached hydrogens (tertiary/aromatic N) is 1. The fourth-order valence-electron chi connectivity index (χ4n) is 3.39. The summed E-state index contributed by atoms with van der Waals surface area (Å²) in [7, 11) is 0. The number of thiocarbonyl (C=S) groups is 1. The fraction of sp³-hybridized carbons (Fsp3) is 0.933. The third kappa shape index (κ3) is 3.59. The van der Waals surface area contributed by atoms with E-state index in [0.29, 0.717) is 11.3 Å². The predicted octanol–water partition coefficient (Wildman–Crippen LogP) is 3.56. The molecule has 1 N–H and O–H groups in total. The minimum absolute atomic E-state index is 0.664. The van der Waals surface area contributed by atoms with Crippen LogP contribution in [0, 0.1) is 11.3 Å². The molecule has 1 aliphatic carbocycles. The van der Waals surface area contributed by atoms with Crippen LogP contribution in [0.5, 0.6) is 0 Å². The van der Waals surface area contributed by atoms with Crippen molar-refractivity contribution >= 4 is 17.3 Å². The number of nitrogens with one attached hydrogen (secondary N) is 1. The fourth-order valence-corrected chi connectivity index (χ4v) is 3.66. The molecule has 2 nitrogen and oxygen atoms in total. The van der Waals surface area contributed by atoms with E-state index in [9.17, 15) is 0 Å². The lowest BCUT2D eigenvalue weighted by molar-refractivity contribution is 0.0973. The highest BCUT2D eigenvalue weighted by Gasteiger charge is 2.35. The molecule has 0 amide bonds. The van der Waals surface area contributed by atoms with Gasteiger partial charge in [0.2, 0.25) is 0 Å². The van der Waals surface area contributed by atoms with Crippen molar-refractivity contribution in [3.05, 3.63) is 0 Å². The van der Waals surface area contributed by atoms with Crippen LogP contribution < -0.4 is 5.32 Å². The van der Waals surface area contributed by atoms with Gasteiger partial charge in [0.15, 0.2) is 5.11 Å². The molecule has 1 saturated carbocycles. The topological polar surface area (TPSA) is 15.3 Å². The molecule has 0 atom stereocenters. The van der Waals surface area contributed by atoms with E-state index in [1.54, 1.807) is 0 Å². The Hall–Kier alpha value is -0.310. The highest BCUT2D eigenvalue weighted by atomic mass is 32.1. The molecule has 0 aromatic heterocycles. The summed E-state index contributed by atoms with van der Waals surface area (Å²) in [6.07, 6.45) is 10.0. The van der Waals surface area contributed by atoms with Gasteiger partial charge in [-0.2, -0.15) is 0 Å². The van der Waals surface area contributed by atoms with Crippen molar-refractivity contribution in [2.75, 3.05) is 19.6 Å². The van der Waals surface area contributed by atoms with Gasteiger partial charge in [-0.25, -0.2) is 0 Å². The van der Waals surface area contributed by atoms with E-state index in [0.717, 1.165) is 11.7 Å². The molecule has 0 radical (unpaired) electrons. The molecular formula is C15H28N2S. The Morgan fingerprint density at radius 3 is 2.28 bits per heavy atom. The van der Waals surface area contributed by atoms with E-state index in [1.165, 1.54) is 58.0 Å². The lowest BCUT2D eigenvalue weighted by atomic mass is 9.68. The number of piperidine rings is 1. The second-order valence-electron chi connectivity index (χ2n) is 6.63. The Labute approximate surface area is 118 Å². The van der Waals surface area contributed by atoms with E-state index in [1.807, 2.05) is 0 Å². The van der Waals surface area contributed by atoms with E-state index < -0.39 is 0 Å². The van der Waals surface area contributed by atoms with Crippen molar-refractivity contribution in [2.45, 2.75) is 58.8 Å². The molecule has 2 aliphatic rings. The van der Waals surface area contributed by atoms with Gasteiger partial charge in [0.05, 0.1) is 0 Å². The third-order valence-electron chi connectivity index (χ3n) is 4.69. The second-order valence-corrected chi connectivity index (χ2v) is 7.01. The molecule has 0 unspecified atom stereocenters. The number of rotatable bonds is 2. The average Bonchev–Trinajstić information content (AvgIpc) is 2.38.